The summed E-state index contributed by atoms with van der Waals surface area (Å²) in [7, 11) is 1.85. The molecular weight excluding hydrogens is 272 g/mol. The molecular formula is C19H24N2O. The normalized spacial score (nSPS) is 10.7. The van der Waals surface area contributed by atoms with Crippen LogP contribution in [0, 0.1) is 5.92 Å². The number of nitrogens with zero attached hydrogens (tertiary/aromatic N) is 2. The predicted octanol–water partition coefficient (Wildman–Crippen LogP) is 3.59. The fourth-order valence-electron chi connectivity index (χ4n) is 2.45. The molecule has 0 fully saturated rings. The molecule has 1 heterocycles. The predicted molar refractivity (Wildman–Crippen MR) is 89.9 cm³/mol. The van der Waals surface area contributed by atoms with Gasteiger partial charge in [0.05, 0.1) is 0 Å². The Hall–Kier alpha value is -2.16. The van der Waals surface area contributed by atoms with Gasteiger partial charge in [0.2, 0.25) is 0 Å². The highest BCUT2D eigenvalue weighted by atomic mass is 16.2. The lowest BCUT2D eigenvalue weighted by atomic mass is 10.0. The Morgan fingerprint density at radius 1 is 1.18 bits per heavy atom. The molecule has 2 rings (SSSR count). The first-order chi connectivity index (χ1) is 10.6. The van der Waals surface area contributed by atoms with E-state index in [1.165, 1.54) is 5.56 Å². The van der Waals surface area contributed by atoms with Gasteiger partial charge in [-0.05, 0) is 42.2 Å². The van der Waals surface area contributed by atoms with Gasteiger partial charge in [-0.1, -0.05) is 32.0 Å². The fourth-order valence-corrected chi connectivity index (χ4v) is 2.45. The van der Waals surface area contributed by atoms with E-state index in [4.69, 9.17) is 0 Å². The van der Waals surface area contributed by atoms with Crippen molar-refractivity contribution in [3.05, 3.63) is 65.5 Å². The largest absolute Gasteiger partial charge is 0.341 e. The third-order valence-corrected chi connectivity index (χ3v) is 3.59. The third-order valence-electron chi connectivity index (χ3n) is 3.59. The lowest BCUT2D eigenvalue weighted by molar-refractivity contribution is 0.0796. The van der Waals surface area contributed by atoms with Crippen molar-refractivity contribution in [3.63, 3.8) is 0 Å². The number of carbonyl (C=O) groups excluding carboxylic acids is 1. The molecule has 0 spiro atoms. The Morgan fingerprint density at radius 3 is 2.68 bits per heavy atom. The van der Waals surface area contributed by atoms with Crippen LogP contribution in [0.5, 0.6) is 0 Å². The Kier molecular flexibility index (Phi) is 5.70. The zero-order valence-corrected chi connectivity index (χ0v) is 13.6. The second-order valence-corrected chi connectivity index (χ2v) is 6.10. The monoisotopic (exact) mass is 296 g/mol. The molecule has 0 saturated carbocycles. The Morgan fingerprint density at radius 2 is 2.00 bits per heavy atom. The van der Waals surface area contributed by atoms with Crippen LogP contribution in [0.2, 0.25) is 0 Å². The van der Waals surface area contributed by atoms with Crippen LogP contribution in [0.4, 0.5) is 0 Å². The van der Waals surface area contributed by atoms with Crippen LogP contribution in [0.1, 0.15) is 35.5 Å². The zero-order chi connectivity index (χ0) is 15.9. The number of benzene rings is 1. The van der Waals surface area contributed by atoms with E-state index in [9.17, 15) is 4.79 Å². The van der Waals surface area contributed by atoms with Gasteiger partial charge in [0.25, 0.3) is 5.91 Å². The fraction of sp³-hybridized carbons (Fsp3) is 0.368. The quantitative estimate of drug-likeness (QED) is 0.816. The summed E-state index contributed by atoms with van der Waals surface area (Å²) in [6, 6.07) is 13.8. The van der Waals surface area contributed by atoms with Gasteiger partial charge in [0.15, 0.2) is 0 Å². The van der Waals surface area contributed by atoms with Crippen molar-refractivity contribution in [2.24, 2.45) is 5.92 Å². The zero-order valence-electron chi connectivity index (χ0n) is 13.6. The molecule has 0 radical (unpaired) electrons. The minimum absolute atomic E-state index is 0.0709. The first kappa shape index (κ1) is 16.2. The highest BCUT2D eigenvalue weighted by molar-refractivity contribution is 5.94. The van der Waals surface area contributed by atoms with Crippen LogP contribution in [-0.2, 0) is 12.8 Å². The van der Waals surface area contributed by atoms with Crippen molar-refractivity contribution < 1.29 is 4.79 Å². The van der Waals surface area contributed by atoms with Gasteiger partial charge in [0.1, 0.15) is 0 Å². The average Bonchev–Trinajstić information content (AvgIpc) is 2.52. The van der Waals surface area contributed by atoms with Crippen LogP contribution in [0.15, 0.2) is 48.7 Å². The molecule has 1 aromatic carbocycles. The van der Waals surface area contributed by atoms with E-state index in [0.29, 0.717) is 12.5 Å². The van der Waals surface area contributed by atoms with Gasteiger partial charge in [0, 0.05) is 37.5 Å². The number of likely N-dealkylation sites (N-methyl/N-ethyl adjacent to an activating group) is 1. The summed E-state index contributed by atoms with van der Waals surface area (Å²) in [4.78, 5) is 18.6. The van der Waals surface area contributed by atoms with Crippen molar-refractivity contribution in [2.75, 3.05) is 13.6 Å². The van der Waals surface area contributed by atoms with Gasteiger partial charge in [-0.3, -0.25) is 9.78 Å². The van der Waals surface area contributed by atoms with Crippen LogP contribution >= 0.6 is 0 Å². The van der Waals surface area contributed by atoms with Crippen molar-refractivity contribution in [3.8, 4) is 0 Å². The lowest BCUT2D eigenvalue weighted by Crippen LogP contribution is -2.29. The molecule has 0 aliphatic rings. The summed E-state index contributed by atoms with van der Waals surface area (Å²) in [5.41, 5.74) is 3.00. The van der Waals surface area contributed by atoms with E-state index < -0.39 is 0 Å². The average molecular weight is 296 g/mol. The molecule has 3 heteroatoms. The molecule has 2 aromatic rings. The maximum Gasteiger partial charge on any atom is 0.253 e. The number of pyridine rings is 1. The molecule has 116 valence electrons. The first-order valence-electron chi connectivity index (χ1n) is 7.80. The standard InChI is InChI=1S/C19H24N2O/c1-15(2)13-16-7-6-8-17(14-16)19(22)21(3)12-10-18-9-4-5-11-20-18/h4-9,11,14-15H,10,12-13H2,1-3H3. The number of hydrogen-bond donors (Lipinski definition) is 0. The second kappa shape index (κ2) is 7.74. The summed E-state index contributed by atoms with van der Waals surface area (Å²) in [5.74, 6) is 0.661. The molecule has 0 aliphatic carbocycles. The number of amides is 1. The van der Waals surface area contributed by atoms with E-state index in [1.807, 2.05) is 43.4 Å². The van der Waals surface area contributed by atoms with Gasteiger partial charge in [-0.15, -0.1) is 0 Å². The first-order valence-corrected chi connectivity index (χ1v) is 7.80. The maximum absolute atomic E-state index is 12.5. The lowest BCUT2D eigenvalue weighted by Gasteiger charge is -2.17. The molecule has 1 aromatic heterocycles. The Bertz CT molecular complexity index is 608. The van der Waals surface area contributed by atoms with Gasteiger partial charge < -0.3 is 4.90 Å². The minimum atomic E-state index is 0.0709. The maximum atomic E-state index is 12.5. The van der Waals surface area contributed by atoms with Gasteiger partial charge in [-0.2, -0.15) is 0 Å². The van der Waals surface area contributed by atoms with Gasteiger partial charge in [-0.25, -0.2) is 0 Å². The number of hydrogen-bond acceptors (Lipinski definition) is 2. The van der Waals surface area contributed by atoms with E-state index in [-0.39, 0.29) is 5.91 Å². The molecule has 22 heavy (non-hydrogen) atoms. The highest BCUT2D eigenvalue weighted by Crippen LogP contribution is 2.12. The summed E-state index contributed by atoms with van der Waals surface area (Å²) >= 11 is 0. The Balaban J connectivity index is 1.98. The van der Waals surface area contributed by atoms with E-state index in [0.717, 1.165) is 24.1 Å². The molecule has 0 atom stereocenters. The van der Waals surface area contributed by atoms with Crippen LogP contribution in [0.25, 0.3) is 0 Å². The summed E-state index contributed by atoms with van der Waals surface area (Å²) in [5, 5.41) is 0. The van der Waals surface area contributed by atoms with Crippen molar-refractivity contribution in [1.29, 1.82) is 0 Å². The Labute approximate surface area is 133 Å². The van der Waals surface area contributed by atoms with E-state index in [1.54, 1.807) is 11.1 Å². The molecule has 3 nitrogen and oxygen atoms in total. The molecule has 0 N–H and O–H groups in total. The number of aromatic nitrogens is 1. The molecule has 0 bridgehead atoms. The molecule has 0 saturated heterocycles. The smallest absolute Gasteiger partial charge is 0.253 e. The topological polar surface area (TPSA) is 33.2 Å². The molecule has 0 unspecified atom stereocenters. The molecule has 1 amide bonds. The minimum Gasteiger partial charge on any atom is -0.341 e. The molecule has 0 aliphatic heterocycles. The van der Waals surface area contributed by atoms with E-state index in [2.05, 4.69) is 24.9 Å². The summed E-state index contributed by atoms with van der Waals surface area (Å²) in [6.07, 6.45) is 3.56. The van der Waals surface area contributed by atoms with Crippen molar-refractivity contribution in [2.45, 2.75) is 26.7 Å². The summed E-state index contributed by atoms with van der Waals surface area (Å²) < 4.78 is 0. The number of carbonyl (C=O) groups is 1. The van der Waals surface area contributed by atoms with Crippen LogP contribution in [0.3, 0.4) is 0 Å². The summed E-state index contributed by atoms with van der Waals surface area (Å²) in [6.45, 7) is 5.05. The third kappa shape index (κ3) is 4.69. The van der Waals surface area contributed by atoms with Crippen LogP contribution in [-0.4, -0.2) is 29.4 Å². The van der Waals surface area contributed by atoms with Crippen LogP contribution < -0.4 is 0 Å². The van der Waals surface area contributed by atoms with Crippen molar-refractivity contribution >= 4 is 5.91 Å². The van der Waals surface area contributed by atoms with E-state index >= 15 is 0 Å². The van der Waals surface area contributed by atoms with Crippen molar-refractivity contribution in [1.82, 2.24) is 9.88 Å². The number of rotatable bonds is 6. The van der Waals surface area contributed by atoms with Gasteiger partial charge >= 0.3 is 0 Å². The SMILES string of the molecule is CC(C)Cc1cccc(C(=O)N(C)CCc2ccccn2)c1. The second-order valence-electron chi connectivity index (χ2n) is 6.10. The highest BCUT2D eigenvalue weighted by Gasteiger charge is 2.12.